The van der Waals surface area contributed by atoms with Gasteiger partial charge in [0, 0.05) is 35.7 Å². The molecule has 3 aliphatic carbocycles. The first-order valence-electron chi connectivity index (χ1n) is 20.5. The molecule has 5 rings (SSSR count). The van der Waals surface area contributed by atoms with Gasteiger partial charge in [0.05, 0.1) is 5.25 Å². The molecule has 0 aliphatic heterocycles. The van der Waals surface area contributed by atoms with Gasteiger partial charge in [0.25, 0.3) is 0 Å². The Morgan fingerprint density at radius 3 is 1.58 bits per heavy atom. The van der Waals surface area contributed by atoms with Gasteiger partial charge >= 0.3 is 0 Å². The number of fused-ring (bicyclic) bond motifs is 3. The molecular formula is C47H81N3O4S. The molecule has 0 bridgehead atoms. The summed E-state index contributed by atoms with van der Waals surface area (Å²) in [6, 6.07) is 17.2. The van der Waals surface area contributed by atoms with Crippen molar-refractivity contribution in [2.24, 2.45) is 28.3 Å². The van der Waals surface area contributed by atoms with Gasteiger partial charge in [-0.05, 0) is 88.2 Å². The zero-order chi connectivity index (χ0) is 41.2. The van der Waals surface area contributed by atoms with Crippen LogP contribution in [0.25, 0.3) is 11.1 Å². The van der Waals surface area contributed by atoms with E-state index in [0.29, 0.717) is 23.3 Å². The Balaban J connectivity index is 0.000000731. The molecule has 0 heterocycles. The van der Waals surface area contributed by atoms with E-state index < -0.39 is 10.0 Å². The van der Waals surface area contributed by atoms with Crippen LogP contribution in [-0.2, 0) is 19.7 Å². The van der Waals surface area contributed by atoms with Crippen LogP contribution in [0.1, 0.15) is 160 Å². The minimum Gasteiger partial charge on any atom is -0.393 e. The number of nitrogens with zero attached hydrogens (tertiary/aromatic N) is 2. The lowest BCUT2D eigenvalue weighted by Crippen LogP contribution is -2.44. The molecule has 2 fully saturated rings. The van der Waals surface area contributed by atoms with E-state index in [0.717, 1.165) is 48.6 Å². The molecule has 2 aromatic carbocycles. The first-order chi connectivity index (χ1) is 25.3. The van der Waals surface area contributed by atoms with Crippen LogP contribution < -0.4 is 4.72 Å². The van der Waals surface area contributed by atoms with Crippen molar-refractivity contribution in [3.8, 4) is 11.1 Å². The van der Waals surface area contributed by atoms with Crippen LogP contribution in [0.4, 0.5) is 0 Å². The van der Waals surface area contributed by atoms with Crippen molar-refractivity contribution in [2.75, 3.05) is 6.54 Å². The molecule has 314 valence electrons. The number of hydrogen-bond acceptors (Lipinski definition) is 5. The van der Waals surface area contributed by atoms with E-state index in [-0.39, 0.29) is 30.7 Å². The predicted molar refractivity (Wildman–Crippen MR) is 239 cm³/mol. The van der Waals surface area contributed by atoms with Gasteiger partial charge < -0.3 is 9.74 Å². The highest BCUT2D eigenvalue weighted by Crippen LogP contribution is 2.36. The van der Waals surface area contributed by atoms with Crippen molar-refractivity contribution >= 4 is 21.6 Å². The second-order valence-corrected chi connectivity index (χ2v) is 19.4. The summed E-state index contributed by atoms with van der Waals surface area (Å²) in [5.41, 5.74) is 6.21. The van der Waals surface area contributed by atoms with Gasteiger partial charge in [-0.2, -0.15) is 0 Å². The van der Waals surface area contributed by atoms with E-state index in [9.17, 15) is 13.2 Å². The van der Waals surface area contributed by atoms with Crippen LogP contribution in [0, 0.1) is 23.2 Å². The van der Waals surface area contributed by atoms with Crippen LogP contribution in [0.3, 0.4) is 0 Å². The summed E-state index contributed by atoms with van der Waals surface area (Å²) >= 11 is 0. The van der Waals surface area contributed by atoms with Gasteiger partial charge in [0.2, 0.25) is 15.9 Å². The van der Waals surface area contributed by atoms with Crippen molar-refractivity contribution in [1.29, 1.82) is 0 Å². The molecule has 0 radical (unpaired) electrons. The maximum atomic E-state index is 12.3. The predicted octanol–water partition coefficient (Wildman–Crippen LogP) is 12.3. The normalized spacial score (nSPS) is 14.8. The third-order valence-corrected chi connectivity index (χ3v) is 12.0. The Morgan fingerprint density at radius 2 is 1.24 bits per heavy atom. The maximum Gasteiger partial charge on any atom is 0.225 e. The number of oxime groups is 1. The highest BCUT2D eigenvalue weighted by molar-refractivity contribution is 7.90. The van der Waals surface area contributed by atoms with Gasteiger partial charge in [0.15, 0.2) is 0 Å². The molecule has 7 nitrogen and oxygen atoms in total. The first kappa shape index (κ1) is 52.0. The Bertz CT molecular complexity index is 1470. The Labute approximate surface area is 339 Å². The highest BCUT2D eigenvalue weighted by atomic mass is 32.2. The van der Waals surface area contributed by atoms with Gasteiger partial charge in [-0.1, -0.05) is 143 Å². The third kappa shape index (κ3) is 18.7. The van der Waals surface area contributed by atoms with Crippen molar-refractivity contribution in [1.82, 2.24) is 9.62 Å². The average Bonchev–Trinajstić information content (AvgIpc) is 3.93. The second-order valence-electron chi connectivity index (χ2n) is 17.4. The summed E-state index contributed by atoms with van der Waals surface area (Å²) in [5.74, 6) is 1.98. The summed E-state index contributed by atoms with van der Waals surface area (Å²) in [6.07, 6.45) is 9.29. The zero-order valence-electron chi connectivity index (χ0n) is 36.4. The molecule has 0 aromatic heterocycles. The van der Waals surface area contributed by atoms with Crippen molar-refractivity contribution in [3.05, 3.63) is 72.8 Å². The fourth-order valence-corrected chi connectivity index (χ4v) is 7.25. The molecule has 55 heavy (non-hydrogen) atoms. The maximum absolute atomic E-state index is 12.3. The molecule has 1 amide bonds. The minimum atomic E-state index is -2.94. The smallest absolute Gasteiger partial charge is 0.225 e. The van der Waals surface area contributed by atoms with E-state index in [4.69, 9.17) is 4.84 Å². The third-order valence-electron chi connectivity index (χ3n) is 9.84. The standard InChI is InChI=1S/C16H15NO.C15H29NO.C7H16.C6H13NO2S.C2H4.CH4/c1-11(2)18-17-16-14-9-5-3-7-12(14)13-8-4-6-10-15(13)16;1-12(2)10-11-16(15(17)13(3)4)14-8-6-5-7-9-14;1-6(2)7(3,4)5;1-5(2)7-10(8,9)6-3-4-6;1-2;/h3-11H,1-2H3;12-14H,5-11H2,1-4H3;6H,1-5H3;5-7H,3-4H2,1-2H3;1-2H2;1H4. The Kier molecular flexibility index (Phi) is 23.9. The van der Waals surface area contributed by atoms with E-state index in [2.05, 4.69) is 113 Å². The average molecular weight is 784 g/mol. The number of carbonyl (C=O) groups is 1. The zero-order valence-corrected chi connectivity index (χ0v) is 37.2. The number of sulfonamides is 1. The lowest BCUT2D eigenvalue weighted by molar-refractivity contribution is -0.137. The summed E-state index contributed by atoms with van der Waals surface area (Å²) in [5, 5.41) is 4.23. The van der Waals surface area contributed by atoms with Crippen LogP contribution in [0.15, 0.2) is 66.8 Å². The van der Waals surface area contributed by atoms with E-state index in [1.165, 1.54) is 43.2 Å². The summed E-state index contributed by atoms with van der Waals surface area (Å²) < 4.78 is 24.7. The molecule has 0 atom stereocenters. The second kappa shape index (κ2) is 25.3. The molecule has 0 saturated heterocycles. The lowest BCUT2D eigenvalue weighted by Gasteiger charge is -2.36. The van der Waals surface area contributed by atoms with E-state index in [1.807, 2.05) is 53.7 Å². The van der Waals surface area contributed by atoms with Crippen LogP contribution in [0.2, 0.25) is 0 Å². The van der Waals surface area contributed by atoms with Gasteiger partial charge in [-0.25, -0.2) is 13.1 Å². The molecule has 8 heteroatoms. The largest absolute Gasteiger partial charge is 0.393 e. The Morgan fingerprint density at radius 1 is 0.800 bits per heavy atom. The number of carbonyl (C=O) groups excluding carboxylic acids is 1. The molecule has 0 spiro atoms. The summed E-state index contributed by atoms with van der Waals surface area (Å²) in [4.78, 5) is 19.9. The topological polar surface area (TPSA) is 88.1 Å². The Hall–Kier alpha value is -2.97. The molecule has 1 N–H and O–H groups in total. The van der Waals surface area contributed by atoms with Gasteiger partial charge in [0.1, 0.15) is 11.8 Å². The molecular weight excluding hydrogens is 703 g/mol. The number of rotatable bonds is 10. The molecule has 0 unspecified atom stereocenters. The number of hydrogen-bond donors (Lipinski definition) is 1. The summed E-state index contributed by atoms with van der Waals surface area (Å²) in [7, 11) is -2.94. The molecule has 2 saturated carbocycles. The lowest BCUT2D eigenvalue weighted by atomic mass is 9.84. The van der Waals surface area contributed by atoms with Crippen molar-refractivity contribution in [3.63, 3.8) is 0 Å². The van der Waals surface area contributed by atoms with Crippen LogP contribution in [0.5, 0.6) is 0 Å². The number of amides is 1. The van der Waals surface area contributed by atoms with E-state index >= 15 is 0 Å². The van der Waals surface area contributed by atoms with Crippen molar-refractivity contribution < 1.29 is 18.0 Å². The number of benzene rings is 2. The summed E-state index contributed by atoms with van der Waals surface area (Å²) in [6.45, 7) is 34.4. The molecule has 2 aromatic rings. The monoisotopic (exact) mass is 784 g/mol. The number of nitrogens with one attached hydrogen (secondary N) is 1. The molecule has 3 aliphatic rings. The van der Waals surface area contributed by atoms with Crippen LogP contribution in [-0.4, -0.2) is 54.9 Å². The van der Waals surface area contributed by atoms with E-state index in [1.54, 1.807) is 0 Å². The highest BCUT2D eigenvalue weighted by Gasteiger charge is 2.35. The van der Waals surface area contributed by atoms with Crippen LogP contribution >= 0.6 is 0 Å². The van der Waals surface area contributed by atoms with Crippen molar-refractivity contribution in [2.45, 2.75) is 172 Å². The fraction of sp³-hybridized carbons (Fsp3) is 0.660. The minimum absolute atomic E-state index is 0. The first-order valence-corrected chi connectivity index (χ1v) is 22.0. The fourth-order valence-electron chi connectivity index (χ4n) is 5.65. The van der Waals surface area contributed by atoms with Gasteiger partial charge in [-0.15, -0.1) is 13.2 Å². The van der Waals surface area contributed by atoms with Gasteiger partial charge in [-0.3, -0.25) is 4.79 Å². The SMILES string of the molecule is C.C=C.CC(C)C(C)(C)C.CC(C)CCN(C(=O)C(C)C)C1CCCCC1.CC(C)NS(=O)(=O)C1CC1.CC(C)ON=C1c2ccccc2-c2ccccc21. The quantitative estimate of drug-likeness (QED) is 0.164.